The van der Waals surface area contributed by atoms with Crippen LogP contribution in [0.25, 0.3) is 0 Å². The molecule has 0 aliphatic heterocycles. The van der Waals surface area contributed by atoms with Crippen molar-refractivity contribution in [3.63, 3.8) is 0 Å². The molecule has 9 heavy (non-hydrogen) atoms. The van der Waals surface area contributed by atoms with Gasteiger partial charge in [-0.2, -0.15) is 10.5 Å². The van der Waals surface area contributed by atoms with Crippen molar-refractivity contribution in [2.45, 2.75) is 12.8 Å². The van der Waals surface area contributed by atoms with Crippen molar-refractivity contribution in [3.05, 3.63) is 11.6 Å². The number of hydrogen-bond acceptors (Lipinski definition) is 2. The van der Waals surface area contributed by atoms with Gasteiger partial charge in [0.1, 0.15) is 0 Å². The van der Waals surface area contributed by atoms with Crippen LogP contribution in [0, 0.1) is 28.6 Å². The maximum absolute atomic E-state index is 8.38. The van der Waals surface area contributed by atoms with Gasteiger partial charge in [-0.3, -0.25) is 0 Å². The molecule has 0 N–H and O–H groups in total. The zero-order chi connectivity index (χ0) is 6.69. The molecule has 0 radical (unpaired) electrons. The Balaban J connectivity index is 2.59. The van der Waals surface area contributed by atoms with Gasteiger partial charge in [-0.1, -0.05) is 0 Å². The van der Waals surface area contributed by atoms with Crippen LogP contribution in [0.1, 0.15) is 12.8 Å². The van der Waals surface area contributed by atoms with Crippen LogP contribution in [-0.4, -0.2) is 0 Å². The lowest BCUT2D eigenvalue weighted by atomic mass is 9.80. The van der Waals surface area contributed by atoms with E-state index in [1.165, 1.54) is 6.08 Å². The molecule has 1 unspecified atom stereocenters. The van der Waals surface area contributed by atoms with Crippen LogP contribution >= 0.6 is 0 Å². The molecular formula is C7H6N2. The van der Waals surface area contributed by atoms with E-state index >= 15 is 0 Å². The van der Waals surface area contributed by atoms with Crippen LogP contribution in [0.2, 0.25) is 0 Å². The minimum atomic E-state index is 0.0460. The van der Waals surface area contributed by atoms with E-state index in [-0.39, 0.29) is 5.92 Å². The summed E-state index contributed by atoms with van der Waals surface area (Å²) in [6.07, 6.45) is 3.35. The highest BCUT2D eigenvalue weighted by molar-refractivity contribution is 5.27. The topological polar surface area (TPSA) is 47.6 Å². The van der Waals surface area contributed by atoms with Crippen LogP contribution < -0.4 is 0 Å². The van der Waals surface area contributed by atoms with Crippen molar-refractivity contribution >= 4 is 0 Å². The fourth-order valence-corrected chi connectivity index (χ4v) is 0.858. The predicted molar refractivity (Wildman–Crippen MR) is 32.0 cm³/mol. The van der Waals surface area contributed by atoms with Crippen molar-refractivity contribution < 1.29 is 0 Å². The van der Waals surface area contributed by atoms with E-state index < -0.39 is 0 Å². The number of nitrogens with zero attached hydrogens (tertiary/aromatic N) is 2. The summed E-state index contributed by atoms with van der Waals surface area (Å²) in [6, 6.07) is 4.04. The Hall–Kier alpha value is -1.28. The van der Waals surface area contributed by atoms with E-state index in [9.17, 15) is 0 Å². The van der Waals surface area contributed by atoms with E-state index in [0.29, 0.717) is 0 Å². The second kappa shape index (κ2) is 2.33. The van der Waals surface area contributed by atoms with Crippen LogP contribution in [0.4, 0.5) is 0 Å². The van der Waals surface area contributed by atoms with Crippen LogP contribution in [-0.2, 0) is 0 Å². The first kappa shape index (κ1) is 5.85. The van der Waals surface area contributed by atoms with E-state index in [1.807, 2.05) is 6.07 Å². The number of rotatable bonds is 0. The lowest BCUT2D eigenvalue weighted by Gasteiger charge is -2.21. The largest absolute Gasteiger partial charge is 0.198 e. The Labute approximate surface area is 54.0 Å². The maximum Gasteiger partial charge on any atom is 0.0912 e. The molecule has 0 heterocycles. The Morgan fingerprint density at radius 1 is 1.56 bits per heavy atom. The average molecular weight is 118 g/mol. The van der Waals surface area contributed by atoms with Gasteiger partial charge < -0.3 is 0 Å². The highest BCUT2D eigenvalue weighted by Gasteiger charge is 2.22. The molecule has 1 saturated carbocycles. The van der Waals surface area contributed by atoms with Crippen molar-refractivity contribution in [2.24, 2.45) is 5.92 Å². The normalized spacial score (nSPS) is 28.2. The van der Waals surface area contributed by atoms with Gasteiger partial charge in [0.2, 0.25) is 0 Å². The molecule has 1 aliphatic carbocycles. The zero-order valence-electron chi connectivity index (χ0n) is 4.96. The third kappa shape index (κ3) is 0.925. The van der Waals surface area contributed by atoms with Crippen molar-refractivity contribution in [3.8, 4) is 12.1 Å². The van der Waals surface area contributed by atoms with Gasteiger partial charge in [-0.25, -0.2) is 0 Å². The second-order valence-electron chi connectivity index (χ2n) is 2.07. The molecule has 1 atom stereocenters. The van der Waals surface area contributed by atoms with Gasteiger partial charge in [0.05, 0.1) is 18.1 Å². The summed E-state index contributed by atoms with van der Waals surface area (Å²) in [5, 5.41) is 16.6. The molecule has 1 aliphatic rings. The Morgan fingerprint density at radius 3 is 2.67 bits per heavy atom. The Bertz CT molecular complexity index is 214. The Morgan fingerprint density at radius 2 is 2.33 bits per heavy atom. The molecule has 0 spiro atoms. The molecule has 44 valence electrons. The van der Waals surface area contributed by atoms with Crippen LogP contribution in [0.3, 0.4) is 0 Å². The molecule has 0 amide bonds. The summed E-state index contributed by atoms with van der Waals surface area (Å²) in [5.74, 6) is 0.0460. The first-order valence-corrected chi connectivity index (χ1v) is 2.86. The lowest BCUT2D eigenvalue weighted by molar-refractivity contribution is 0.544. The fraction of sp³-hybridized carbons (Fsp3) is 0.429. The molecule has 0 aromatic rings. The number of allylic oxidation sites excluding steroid dienone is 2. The quantitative estimate of drug-likeness (QED) is 0.451. The standard InChI is InChI=1S/C7H6N2/c8-4-3-6-1-2-7(6)5-9/h3,7H,1-2H2/b6-3+. The molecule has 0 bridgehead atoms. The smallest absolute Gasteiger partial charge is 0.0912 e. The molecular weight excluding hydrogens is 112 g/mol. The minimum Gasteiger partial charge on any atom is -0.198 e. The summed E-state index contributed by atoms with van der Waals surface area (Å²) >= 11 is 0. The van der Waals surface area contributed by atoms with E-state index in [2.05, 4.69) is 6.07 Å². The predicted octanol–water partition coefficient (Wildman–Crippen LogP) is 1.37. The van der Waals surface area contributed by atoms with Gasteiger partial charge in [0.15, 0.2) is 0 Å². The van der Waals surface area contributed by atoms with Gasteiger partial charge in [-0.05, 0) is 18.4 Å². The maximum atomic E-state index is 8.38. The van der Waals surface area contributed by atoms with Gasteiger partial charge in [0, 0.05) is 6.08 Å². The summed E-state index contributed by atoms with van der Waals surface area (Å²) in [5.41, 5.74) is 1.00. The summed E-state index contributed by atoms with van der Waals surface area (Å²) in [4.78, 5) is 0. The lowest BCUT2D eigenvalue weighted by Crippen LogP contribution is -2.12. The summed E-state index contributed by atoms with van der Waals surface area (Å²) < 4.78 is 0. The third-order valence-electron chi connectivity index (χ3n) is 1.58. The second-order valence-corrected chi connectivity index (χ2v) is 2.07. The fourth-order valence-electron chi connectivity index (χ4n) is 0.858. The number of nitriles is 2. The van der Waals surface area contributed by atoms with Crippen LogP contribution in [0.5, 0.6) is 0 Å². The first-order valence-electron chi connectivity index (χ1n) is 2.86. The summed E-state index contributed by atoms with van der Waals surface area (Å²) in [7, 11) is 0. The number of hydrogen-bond donors (Lipinski definition) is 0. The van der Waals surface area contributed by atoms with Crippen molar-refractivity contribution in [2.75, 3.05) is 0 Å². The molecule has 0 aromatic carbocycles. The van der Waals surface area contributed by atoms with Gasteiger partial charge in [0.25, 0.3) is 0 Å². The Kier molecular flexibility index (Phi) is 1.51. The van der Waals surface area contributed by atoms with Crippen LogP contribution in [0.15, 0.2) is 11.6 Å². The van der Waals surface area contributed by atoms with Crippen molar-refractivity contribution in [1.29, 1.82) is 10.5 Å². The van der Waals surface area contributed by atoms with Crippen molar-refractivity contribution in [1.82, 2.24) is 0 Å². The molecule has 1 rings (SSSR count). The van der Waals surface area contributed by atoms with E-state index in [4.69, 9.17) is 10.5 Å². The molecule has 2 nitrogen and oxygen atoms in total. The van der Waals surface area contributed by atoms with Gasteiger partial charge >= 0.3 is 0 Å². The highest BCUT2D eigenvalue weighted by atomic mass is 14.3. The summed E-state index contributed by atoms with van der Waals surface area (Å²) in [6.45, 7) is 0. The zero-order valence-corrected chi connectivity index (χ0v) is 4.96. The third-order valence-corrected chi connectivity index (χ3v) is 1.58. The molecule has 0 aromatic heterocycles. The van der Waals surface area contributed by atoms with E-state index in [1.54, 1.807) is 0 Å². The highest BCUT2D eigenvalue weighted by Crippen LogP contribution is 2.32. The van der Waals surface area contributed by atoms with Gasteiger partial charge in [-0.15, -0.1) is 0 Å². The van der Waals surface area contributed by atoms with E-state index in [0.717, 1.165) is 18.4 Å². The SMILES string of the molecule is N#C/C=C1\CCC1C#N. The monoisotopic (exact) mass is 118 g/mol. The average Bonchev–Trinajstić information content (AvgIpc) is 1.82. The first-order chi connectivity index (χ1) is 4.38. The molecule has 0 saturated heterocycles. The molecule has 1 fully saturated rings. The molecule has 2 heteroatoms. The minimum absolute atomic E-state index is 0.0460.